The molecule has 0 aliphatic carbocycles. The van der Waals surface area contributed by atoms with Gasteiger partial charge in [0, 0.05) is 32.9 Å². The molecule has 10 rings (SSSR count). The molecule has 2 heteroatoms. The normalized spacial score (nSPS) is 12.7. The van der Waals surface area contributed by atoms with Crippen molar-refractivity contribution in [2.45, 2.75) is 6.92 Å². The Labute approximate surface area is 295 Å². The maximum Gasteiger partial charge on any atom is 0.0541 e. The molecule has 2 aromatic heterocycles. The number of benzene rings is 8. The van der Waals surface area contributed by atoms with Crippen molar-refractivity contribution >= 4 is 77.3 Å². The highest BCUT2D eigenvalue weighted by Gasteiger charge is 2.16. The zero-order valence-electron chi connectivity index (χ0n) is 28.3. The van der Waals surface area contributed by atoms with Crippen LogP contribution >= 0.6 is 0 Å². The molecule has 2 heterocycles. The van der Waals surface area contributed by atoms with Gasteiger partial charge in [-0.15, -0.1) is 0 Å². The standard InChI is InChI=1S/C49H34N2/c1-3-14-37-36(4-2)44-31-35(26-27-40(44)39-18-6-5-17-38(37)39)51-48-24-12-9-21-43(48)45-30-33(25-28-49(45)51)32-15-13-16-34(29-32)50-46-22-10-7-19-41(46)42-20-8-11-23-47(42)50/h3-31H,1H2,2H3/b36-4+,37-14+. The molecule has 0 radical (unpaired) electrons. The summed E-state index contributed by atoms with van der Waals surface area (Å²) in [4.78, 5) is 0. The Morgan fingerprint density at radius 3 is 1.57 bits per heavy atom. The van der Waals surface area contributed by atoms with Gasteiger partial charge < -0.3 is 9.13 Å². The van der Waals surface area contributed by atoms with Gasteiger partial charge in [-0.2, -0.15) is 0 Å². The quantitative estimate of drug-likeness (QED) is 0.168. The van der Waals surface area contributed by atoms with E-state index in [0.29, 0.717) is 0 Å². The highest BCUT2D eigenvalue weighted by atomic mass is 15.0. The molecule has 2 nitrogen and oxygen atoms in total. The largest absolute Gasteiger partial charge is 0.309 e. The van der Waals surface area contributed by atoms with Crippen LogP contribution in [0.5, 0.6) is 0 Å². The molecule has 0 amide bonds. The Kier molecular flexibility index (Phi) is 6.59. The summed E-state index contributed by atoms with van der Waals surface area (Å²) < 4.78 is 4.82. The zero-order valence-corrected chi connectivity index (χ0v) is 28.3. The van der Waals surface area contributed by atoms with Crippen LogP contribution in [0.25, 0.3) is 99.8 Å². The lowest BCUT2D eigenvalue weighted by Crippen LogP contribution is -2.26. The molecule has 0 N–H and O–H groups in total. The average Bonchev–Trinajstić information content (AvgIpc) is 3.71. The van der Waals surface area contributed by atoms with Gasteiger partial charge in [-0.05, 0) is 105 Å². The fourth-order valence-corrected chi connectivity index (χ4v) is 8.44. The highest BCUT2D eigenvalue weighted by molar-refractivity contribution is 6.13. The van der Waals surface area contributed by atoms with E-state index in [9.17, 15) is 0 Å². The summed E-state index contributed by atoms with van der Waals surface area (Å²) in [5, 5.41) is 12.5. The van der Waals surface area contributed by atoms with Crippen molar-refractivity contribution in [3.05, 3.63) is 181 Å². The summed E-state index contributed by atoms with van der Waals surface area (Å²) in [5.41, 5.74) is 9.53. The van der Waals surface area contributed by atoms with Crippen LogP contribution in [0.4, 0.5) is 0 Å². The predicted molar refractivity (Wildman–Crippen MR) is 220 cm³/mol. The van der Waals surface area contributed by atoms with Gasteiger partial charge in [0.2, 0.25) is 0 Å². The van der Waals surface area contributed by atoms with Crippen LogP contribution in [0.1, 0.15) is 6.92 Å². The first-order valence-corrected chi connectivity index (χ1v) is 17.6. The number of hydrogen-bond donors (Lipinski definition) is 0. The first kappa shape index (κ1) is 29.3. The van der Waals surface area contributed by atoms with Crippen molar-refractivity contribution in [1.82, 2.24) is 9.13 Å². The minimum atomic E-state index is 1.15. The van der Waals surface area contributed by atoms with Crippen molar-refractivity contribution in [3.8, 4) is 22.5 Å². The van der Waals surface area contributed by atoms with Crippen molar-refractivity contribution in [1.29, 1.82) is 0 Å². The number of nitrogens with zero attached hydrogens (tertiary/aromatic N) is 2. The van der Waals surface area contributed by atoms with Gasteiger partial charge in [-0.1, -0.05) is 128 Å². The fourth-order valence-electron chi connectivity index (χ4n) is 8.44. The van der Waals surface area contributed by atoms with Crippen LogP contribution in [0, 0.1) is 0 Å². The lowest BCUT2D eigenvalue weighted by molar-refractivity contribution is 1.18. The molecule has 240 valence electrons. The van der Waals surface area contributed by atoms with E-state index in [4.69, 9.17) is 0 Å². The SMILES string of the molecule is C=C/C=c1\c(=C/C)c2cc(-n3c4ccccc4c4cc(-c5cccc(-n6c7ccccc7c7ccccc76)c5)ccc43)ccc2c2ccccc12. The third kappa shape index (κ3) is 4.36. The van der Waals surface area contributed by atoms with Gasteiger partial charge >= 0.3 is 0 Å². The Morgan fingerprint density at radius 1 is 0.392 bits per heavy atom. The summed E-state index contributed by atoms with van der Waals surface area (Å²) in [5.74, 6) is 0. The highest BCUT2D eigenvalue weighted by Crippen LogP contribution is 2.37. The third-order valence-electron chi connectivity index (χ3n) is 10.6. The second-order valence-electron chi connectivity index (χ2n) is 13.3. The number of fused-ring (bicyclic) bond motifs is 9. The van der Waals surface area contributed by atoms with E-state index in [0.717, 1.165) is 11.4 Å². The maximum absolute atomic E-state index is 4.04. The minimum absolute atomic E-state index is 1.15. The lowest BCUT2D eigenvalue weighted by Gasteiger charge is -2.13. The van der Waals surface area contributed by atoms with Crippen molar-refractivity contribution in [2.75, 3.05) is 0 Å². The molecule has 0 spiro atoms. The second kappa shape index (κ2) is 11.5. The third-order valence-corrected chi connectivity index (χ3v) is 10.6. The van der Waals surface area contributed by atoms with Crippen LogP contribution in [-0.2, 0) is 0 Å². The van der Waals surface area contributed by atoms with Crippen LogP contribution in [0.2, 0.25) is 0 Å². The van der Waals surface area contributed by atoms with E-state index >= 15 is 0 Å². The summed E-state index contributed by atoms with van der Waals surface area (Å²) >= 11 is 0. The van der Waals surface area contributed by atoms with Crippen LogP contribution in [0.15, 0.2) is 170 Å². The van der Waals surface area contributed by atoms with E-state index in [1.165, 1.54) is 86.7 Å². The molecule has 0 fully saturated rings. The topological polar surface area (TPSA) is 9.86 Å². The van der Waals surface area contributed by atoms with Gasteiger partial charge in [-0.3, -0.25) is 0 Å². The molecular formula is C49H34N2. The summed E-state index contributed by atoms with van der Waals surface area (Å²) in [6.07, 6.45) is 6.27. The molecular weight excluding hydrogens is 617 g/mol. The van der Waals surface area contributed by atoms with E-state index in [-0.39, 0.29) is 0 Å². The van der Waals surface area contributed by atoms with Crippen LogP contribution < -0.4 is 10.4 Å². The lowest BCUT2D eigenvalue weighted by atomic mass is 9.96. The zero-order chi connectivity index (χ0) is 34.1. The molecule has 0 aliphatic heterocycles. The first-order chi connectivity index (χ1) is 25.2. The second-order valence-corrected chi connectivity index (χ2v) is 13.3. The molecule has 0 aliphatic rings. The number of para-hydroxylation sites is 3. The molecule has 0 atom stereocenters. The van der Waals surface area contributed by atoms with Crippen molar-refractivity contribution in [2.24, 2.45) is 0 Å². The molecule has 0 unspecified atom stereocenters. The van der Waals surface area contributed by atoms with Crippen LogP contribution in [0.3, 0.4) is 0 Å². The predicted octanol–water partition coefficient (Wildman–Crippen LogP) is 11.6. The molecule has 10 aromatic rings. The molecule has 0 saturated carbocycles. The van der Waals surface area contributed by atoms with E-state index in [2.05, 4.69) is 193 Å². The van der Waals surface area contributed by atoms with E-state index in [1.807, 2.05) is 6.08 Å². The van der Waals surface area contributed by atoms with Crippen molar-refractivity contribution < 1.29 is 0 Å². The Bertz CT molecular complexity index is 3120. The van der Waals surface area contributed by atoms with Gasteiger partial charge in [0.15, 0.2) is 0 Å². The van der Waals surface area contributed by atoms with Crippen LogP contribution in [-0.4, -0.2) is 9.13 Å². The monoisotopic (exact) mass is 650 g/mol. The summed E-state index contributed by atoms with van der Waals surface area (Å²) in [7, 11) is 0. The van der Waals surface area contributed by atoms with Gasteiger partial charge in [0.05, 0.1) is 22.1 Å². The fraction of sp³-hybridized carbons (Fsp3) is 0.0204. The van der Waals surface area contributed by atoms with Gasteiger partial charge in [0.1, 0.15) is 0 Å². The number of hydrogen-bond acceptors (Lipinski definition) is 0. The number of allylic oxidation sites excluding steroid dienone is 1. The van der Waals surface area contributed by atoms with Gasteiger partial charge in [-0.25, -0.2) is 0 Å². The first-order valence-electron chi connectivity index (χ1n) is 17.6. The molecule has 0 saturated heterocycles. The van der Waals surface area contributed by atoms with Gasteiger partial charge in [0.25, 0.3) is 0 Å². The summed E-state index contributed by atoms with van der Waals surface area (Å²) in [6, 6.07) is 57.7. The minimum Gasteiger partial charge on any atom is -0.309 e. The summed E-state index contributed by atoms with van der Waals surface area (Å²) in [6.45, 7) is 6.17. The maximum atomic E-state index is 4.04. The van der Waals surface area contributed by atoms with E-state index < -0.39 is 0 Å². The Balaban J connectivity index is 1.18. The molecule has 8 aromatic carbocycles. The number of rotatable bonds is 4. The van der Waals surface area contributed by atoms with E-state index in [1.54, 1.807) is 0 Å². The Hall–Kier alpha value is -6.64. The molecule has 51 heavy (non-hydrogen) atoms. The average molecular weight is 651 g/mol. The molecule has 0 bridgehead atoms. The smallest absolute Gasteiger partial charge is 0.0541 e. The Morgan fingerprint density at radius 2 is 0.922 bits per heavy atom. The number of aromatic nitrogens is 2. The van der Waals surface area contributed by atoms with Crippen molar-refractivity contribution in [3.63, 3.8) is 0 Å².